The minimum atomic E-state index is 0.291. The van der Waals surface area contributed by atoms with Gasteiger partial charge in [-0.2, -0.15) is 0 Å². The van der Waals surface area contributed by atoms with Gasteiger partial charge in [-0.25, -0.2) is 4.99 Å². The Balaban J connectivity index is 1.58. The van der Waals surface area contributed by atoms with E-state index < -0.39 is 0 Å². The van der Waals surface area contributed by atoms with Crippen LogP contribution in [0.25, 0.3) is 0 Å². The molecule has 3 N–H and O–H groups in total. The Morgan fingerprint density at radius 3 is 2.48 bits per heavy atom. The molecule has 0 amide bonds. The third-order valence-electron chi connectivity index (χ3n) is 5.07. The molecule has 132 valence electrons. The van der Waals surface area contributed by atoms with E-state index in [-0.39, 0.29) is 0 Å². The summed E-state index contributed by atoms with van der Waals surface area (Å²) in [6.07, 6.45) is 6.35. The van der Waals surface area contributed by atoms with Gasteiger partial charge in [0, 0.05) is 22.6 Å². The van der Waals surface area contributed by atoms with Gasteiger partial charge < -0.3 is 11.1 Å². The summed E-state index contributed by atoms with van der Waals surface area (Å²) in [7, 11) is 0. The fraction of sp³-hybridized carbons (Fsp3) is 0.400. The van der Waals surface area contributed by atoms with Gasteiger partial charge in [-0.3, -0.25) is 4.98 Å². The molecule has 5 heteroatoms. The van der Waals surface area contributed by atoms with Crippen LogP contribution in [0, 0.1) is 13.8 Å². The zero-order chi connectivity index (χ0) is 17.8. The molecule has 4 nitrogen and oxygen atoms in total. The van der Waals surface area contributed by atoms with E-state index in [1.807, 2.05) is 30.5 Å². The predicted octanol–water partition coefficient (Wildman–Crippen LogP) is 4.80. The van der Waals surface area contributed by atoms with E-state index in [0.717, 1.165) is 37.1 Å². The molecule has 0 radical (unpaired) electrons. The summed E-state index contributed by atoms with van der Waals surface area (Å²) >= 11 is 5.90. The normalized spacial score (nSPS) is 21.2. The van der Waals surface area contributed by atoms with Crippen LogP contribution in [0.2, 0.25) is 5.02 Å². The third-order valence-corrected chi connectivity index (χ3v) is 5.32. The van der Waals surface area contributed by atoms with Crippen LogP contribution in [0.3, 0.4) is 0 Å². The largest absolute Gasteiger partial charge is 0.370 e. The van der Waals surface area contributed by atoms with E-state index in [1.54, 1.807) is 0 Å². The minimum Gasteiger partial charge on any atom is -0.370 e. The SMILES string of the molecule is Cc1nccc(C2CCC(N=C(N)Nc3ccc(Cl)cc3)CC2)c1C. The van der Waals surface area contributed by atoms with Gasteiger partial charge in [0.25, 0.3) is 0 Å². The predicted molar refractivity (Wildman–Crippen MR) is 105 cm³/mol. The quantitative estimate of drug-likeness (QED) is 0.613. The Kier molecular flexibility index (Phi) is 5.59. The highest BCUT2D eigenvalue weighted by atomic mass is 35.5. The zero-order valence-corrected chi connectivity index (χ0v) is 15.6. The lowest BCUT2D eigenvalue weighted by molar-refractivity contribution is 0.396. The van der Waals surface area contributed by atoms with Gasteiger partial charge in [0.15, 0.2) is 5.96 Å². The summed E-state index contributed by atoms with van der Waals surface area (Å²) in [5.41, 5.74) is 10.9. The molecule has 1 fully saturated rings. The Morgan fingerprint density at radius 1 is 1.12 bits per heavy atom. The van der Waals surface area contributed by atoms with E-state index in [4.69, 9.17) is 17.3 Å². The van der Waals surface area contributed by atoms with Gasteiger partial charge in [-0.05, 0) is 86.9 Å². The van der Waals surface area contributed by atoms with Crippen molar-refractivity contribution < 1.29 is 0 Å². The molecule has 0 atom stereocenters. The summed E-state index contributed by atoms with van der Waals surface area (Å²) in [6, 6.07) is 9.93. The molecule has 0 spiro atoms. The summed E-state index contributed by atoms with van der Waals surface area (Å²) in [5, 5.41) is 3.85. The molecule has 0 saturated heterocycles. The molecule has 3 rings (SSSR count). The van der Waals surface area contributed by atoms with Crippen LogP contribution in [-0.4, -0.2) is 17.0 Å². The van der Waals surface area contributed by atoms with Gasteiger partial charge in [0.2, 0.25) is 0 Å². The number of guanidine groups is 1. The van der Waals surface area contributed by atoms with Gasteiger partial charge in [-0.15, -0.1) is 0 Å². The Labute approximate surface area is 154 Å². The first-order chi connectivity index (χ1) is 12.0. The molecule has 1 aliphatic carbocycles. The number of nitrogens with one attached hydrogen (secondary N) is 1. The average molecular weight is 357 g/mol. The number of aryl methyl sites for hydroxylation is 1. The van der Waals surface area contributed by atoms with Crippen LogP contribution in [0.4, 0.5) is 5.69 Å². The van der Waals surface area contributed by atoms with Crippen molar-refractivity contribution >= 4 is 23.2 Å². The summed E-state index contributed by atoms with van der Waals surface area (Å²) < 4.78 is 0. The number of anilines is 1. The maximum Gasteiger partial charge on any atom is 0.193 e. The van der Waals surface area contributed by atoms with E-state index in [2.05, 4.69) is 35.2 Å². The van der Waals surface area contributed by atoms with Crippen molar-refractivity contribution in [2.24, 2.45) is 10.7 Å². The van der Waals surface area contributed by atoms with Crippen LogP contribution in [-0.2, 0) is 0 Å². The van der Waals surface area contributed by atoms with Crippen molar-refractivity contribution in [3.8, 4) is 0 Å². The fourth-order valence-electron chi connectivity index (χ4n) is 3.53. The number of nitrogens with two attached hydrogens (primary N) is 1. The lowest BCUT2D eigenvalue weighted by Crippen LogP contribution is -2.27. The molecule has 0 unspecified atom stereocenters. The highest BCUT2D eigenvalue weighted by Crippen LogP contribution is 2.35. The number of nitrogens with zero attached hydrogens (tertiary/aromatic N) is 2. The molecule has 1 saturated carbocycles. The Morgan fingerprint density at radius 2 is 1.80 bits per heavy atom. The first-order valence-electron chi connectivity index (χ1n) is 8.81. The van der Waals surface area contributed by atoms with E-state index in [9.17, 15) is 0 Å². The second-order valence-corrected chi connectivity index (χ2v) is 7.20. The summed E-state index contributed by atoms with van der Waals surface area (Å²) in [6.45, 7) is 4.26. The zero-order valence-electron chi connectivity index (χ0n) is 14.8. The molecule has 0 bridgehead atoms. The second kappa shape index (κ2) is 7.87. The molecule has 1 aromatic carbocycles. The lowest BCUT2D eigenvalue weighted by Gasteiger charge is -2.28. The van der Waals surface area contributed by atoms with Crippen molar-refractivity contribution in [3.63, 3.8) is 0 Å². The van der Waals surface area contributed by atoms with Crippen LogP contribution < -0.4 is 11.1 Å². The molecule has 1 aromatic heterocycles. The standard InChI is InChI=1S/C20H25ClN4/c1-13-14(2)23-12-11-19(13)15-3-7-17(8-4-15)24-20(22)25-18-9-5-16(21)6-10-18/h5-6,9-12,15,17H,3-4,7-8H2,1-2H3,(H3,22,24,25). The van der Waals surface area contributed by atoms with Crippen molar-refractivity contribution in [1.29, 1.82) is 0 Å². The molecule has 2 aromatic rings. The number of aliphatic imine (C=N–C) groups is 1. The van der Waals surface area contributed by atoms with Crippen LogP contribution >= 0.6 is 11.6 Å². The maximum absolute atomic E-state index is 6.06. The maximum atomic E-state index is 6.06. The van der Waals surface area contributed by atoms with Crippen molar-refractivity contribution in [2.75, 3.05) is 5.32 Å². The van der Waals surface area contributed by atoms with Gasteiger partial charge >= 0.3 is 0 Å². The van der Waals surface area contributed by atoms with Gasteiger partial charge in [0.05, 0.1) is 6.04 Å². The molecule has 25 heavy (non-hydrogen) atoms. The molecular formula is C20H25ClN4. The topological polar surface area (TPSA) is 63.3 Å². The number of aromatic nitrogens is 1. The highest BCUT2D eigenvalue weighted by Gasteiger charge is 2.23. The molecular weight excluding hydrogens is 332 g/mol. The lowest BCUT2D eigenvalue weighted by atomic mass is 9.80. The first kappa shape index (κ1) is 17.7. The Hall–Kier alpha value is -2.07. The van der Waals surface area contributed by atoms with Gasteiger partial charge in [0.1, 0.15) is 0 Å². The smallest absolute Gasteiger partial charge is 0.193 e. The number of hydrogen-bond acceptors (Lipinski definition) is 2. The van der Waals surface area contributed by atoms with Crippen LogP contribution in [0.1, 0.15) is 48.4 Å². The summed E-state index contributed by atoms with van der Waals surface area (Å²) in [4.78, 5) is 9.04. The molecule has 0 aliphatic heterocycles. The molecule has 1 heterocycles. The number of rotatable bonds is 3. The monoisotopic (exact) mass is 356 g/mol. The van der Waals surface area contributed by atoms with Crippen molar-refractivity contribution in [2.45, 2.75) is 51.5 Å². The average Bonchev–Trinajstić information content (AvgIpc) is 2.60. The Bertz CT molecular complexity index is 747. The third kappa shape index (κ3) is 4.51. The molecule has 1 aliphatic rings. The van der Waals surface area contributed by atoms with Crippen LogP contribution in [0.5, 0.6) is 0 Å². The van der Waals surface area contributed by atoms with Crippen LogP contribution in [0.15, 0.2) is 41.5 Å². The van der Waals surface area contributed by atoms with Crippen molar-refractivity contribution in [1.82, 2.24) is 4.98 Å². The summed E-state index contributed by atoms with van der Waals surface area (Å²) in [5.74, 6) is 1.08. The first-order valence-corrected chi connectivity index (χ1v) is 9.18. The number of benzene rings is 1. The highest BCUT2D eigenvalue weighted by molar-refractivity contribution is 6.30. The fourth-order valence-corrected chi connectivity index (χ4v) is 3.65. The van der Waals surface area contributed by atoms with E-state index in [1.165, 1.54) is 11.1 Å². The van der Waals surface area contributed by atoms with Crippen molar-refractivity contribution in [3.05, 3.63) is 58.4 Å². The number of pyridine rings is 1. The number of hydrogen-bond donors (Lipinski definition) is 2. The number of halogens is 1. The van der Waals surface area contributed by atoms with E-state index in [0.29, 0.717) is 22.9 Å². The van der Waals surface area contributed by atoms with E-state index >= 15 is 0 Å². The minimum absolute atomic E-state index is 0.291. The second-order valence-electron chi connectivity index (χ2n) is 6.76. The van der Waals surface area contributed by atoms with Gasteiger partial charge in [-0.1, -0.05) is 11.6 Å².